The minimum Gasteiger partial charge on any atom is -0.428 e. The highest BCUT2D eigenvalue weighted by atomic mass is 19.4. The van der Waals surface area contributed by atoms with Gasteiger partial charge in [0.25, 0.3) is 11.9 Å². The summed E-state index contributed by atoms with van der Waals surface area (Å²) in [4.78, 5) is 18.3. The Morgan fingerprint density at radius 2 is 2.14 bits per heavy atom. The Kier molecular flexibility index (Phi) is 4.18. The molecule has 2 aliphatic rings. The zero-order chi connectivity index (χ0) is 20.3. The normalized spacial score (nSPS) is 20.6. The van der Waals surface area contributed by atoms with Gasteiger partial charge in [0.15, 0.2) is 0 Å². The molecule has 0 saturated heterocycles. The first-order valence-corrected chi connectivity index (χ1v) is 9.02. The van der Waals surface area contributed by atoms with Gasteiger partial charge >= 0.3 is 6.18 Å². The van der Waals surface area contributed by atoms with Crippen LogP contribution >= 0.6 is 0 Å². The van der Waals surface area contributed by atoms with E-state index in [1.807, 2.05) is 24.8 Å². The summed E-state index contributed by atoms with van der Waals surface area (Å²) in [7, 11) is 0. The zero-order valence-corrected chi connectivity index (χ0v) is 15.4. The van der Waals surface area contributed by atoms with Gasteiger partial charge in [0.05, 0.1) is 17.2 Å². The van der Waals surface area contributed by atoms with Gasteiger partial charge < -0.3 is 9.32 Å². The highest BCUT2D eigenvalue weighted by Gasteiger charge is 2.45. The predicted octanol–water partition coefficient (Wildman–Crippen LogP) is 3.72. The number of oxazole rings is 1. The van der Waals surface area contributed by atoms with Crippen LogP contribution in [-0.2, 0) is 24.9 Å². The Morgan fingerprint density at radius 1 is 1.39 bits per heavy atom. The largest absolute Gasteiger partial charge is 0.428 e. The first kappa shape index (κ1) is 18.8. The number of carbonyl (C=O) groups is 1. The van der Waals surface area contributed by atoms with Crippen LogP contribution in [0.25, 0.3) is 0 Å². The van der Waals surface area contributed by atoms with E-state index in [1.54, 1.807) is 17.6 Å². The van der Waals surface area contributed by atoms with Crippen molar-refractivity contribution in [1.82, 2.24) is 10.5 Å². The molecule has 0 saturated carbocycles. The summed E-state index contributed by atoms with van der Waals surface area (Å²) in [5, 5.41) is 9.00. The summed E-state index contributed by atoms with van der Waals surface area (Å²) in [6.45, 7) is 4.16. The van der Waals surface area contributed by atoms with Crippen molar-refractivity contribution in [3.8, 4) is 0 Å². The summed E-state index contributed by atoms with van der Waals surface area (Å²) < 4.78 is 45.0. The fraction of sp³-hybridized carbons (Fsp3) is 0.474. The second-order valence-corrected chi connectivity index (χ2v) is 7.77. The monoisotopic (exact) mass is 395 g/mol. The molecule has 2 aromatic rings. The third-order valence-electron chi connectivity index (χ3n) is 5.79. The molecule has 2 N–H and O–H groups in total. The molecule has 0 spiro atoms. The van der Waals surface area contributed by atoms with Crippen LogP contribution in [0.15, 0.2) is 22.6 Å². The van der Waals surface area contributed by atoms with E-state index < -0.39 is 23.5 Å². The van der Waals surface area contributed by atoms with Crippen LogP contribution in [-0.4, -0.2) is 22.3 Å². The van der Waals surface area contributed by atoms with Gasteiger partial charge in [-0.15, -0.1) is 0 Å². The van der Waals surface area contributed by atoms with Gasteiger partial charge in [-0.3, -0.25) is 10.0 Å². The lowest BCUT2D eigenvalue weighted by Gasteiger charge is -2.31. The van der Waals surface area contributed by atoms with Crippen molar-refractivity contribution in [1.29, 1.82) is 0 Å². The number of anilines is 1. The zero-order valence-electron chi connectivity index (χ0n) is 15.4. The number of aromatic nitrogens is 1. The van der Waals surface area contributed by atoms with Crippen molar-refractivity contribution in [2.24, 2.45) is 5.92 Å². The highest BCUT2D eigenvalue weighted by molar-refractivity contribution is 5.95. The van der Waals surface area contributed by atoms with Gasteiger partial charge in [-0.2, -0.15) is 18.2 Å². The van der Waals surface area contributed by atoms with Crippen molar-refractivity contribution in [2.45, 2.75) is 51.4 Å². The topological polar surface area (TPSA) is 78.6 Å². The molecule has 1 amide bonds. The molecule has 1 atom stereocenters. The predicted molar refractivity (Wildman–Crippen MR) is 93.0 cm³/mol. The fourth-order valence-corrected chi connectivity index (χ4v) is 4.17. The third-order valence-corrected chi connectivity index (χ3v) is 5.79. The summed E-state index contributed by atoms with van der Waals surface area (Å²) >= 11 is 0. The van der Waals surface area contributed by atoms with Crippen LogP contribution in [0.3, 0.4) is 0 Å². The highest BCUT2D eigenvalue weighted by Crippen LogP contribution is 2.45. The van der Waals surface area contributed by atoms with Crippen molar-refractivity contribution in [3.63, 3.8) is 0 Å². The Balaban J connectivity index is 1.68. The minimum absolute atomic E-state index is 0.00686. The van der Waals surface area contributed by atoms with E-state index in [0.717, 1.165) is 11.1 Å². The number of hydrogen-bond acceptors (Lipinski definition) is 5. The van der Waals surface area contributed by atoms with E-state index in [2.05, 4.69) is 4.98 Å². The van der Waals surface area contributed by atoms with E-state index in [4.69, 9.17) is 9.62 Å². The average Bonchev–Trinajstić information content (AvgIpc) is 3.17. The maximum absolute atomic E-state index is 13.1. The number of nitrogens with one attached hydrogen (secondary N) is 1. The molecule has 1 aliphatic heterocycles. The summed E-state index contributed by atoms with van der Waals surface area (Å²) in [6.07, 6.45) is -4.22. The van der Waals surface area contributed by atoms with Gasteiger partial charge in [-0.05, 0) is 43.9 Å². The first-order valence-electron chi connectivity index (χ1n) is 9.02. The van der Waals surface area contributed by atoms with Crippen molar-refractivity contribution >= 4 is 11.9 Å². The molecule has 0 radical (unpaired) electrons. The third kappa shape index (κ3) is 2.85. The lowest BCUT2D eigenvalue weighted by atomic mass is 9.90. The van der Waals surface area contributed by atoms with Crippen molar-refractivity contribution in [2.75, 3.05) is 4.90 Å². The fourth-order valence-electron chi connectivity index (χ4n) is 4.17. The van der Waals surface area contributed by atoms with Crippen molar-refractivity contribution in [3.05, 3.63) is 46.3 Å². The van der Waals surface area contributed by atoms with Crippen LogP contribution in [0.1, 0.15) is 53.2 Å². The number of halogens is 3. The number of alkyl halides is 3. The van der Waals surface area contributed by atoms with Crippen LogP contribution in [0.5, 0.6) is 0 Å². The number of carbonyl (C=O) groups excluding carboxylic acids is 1. The number of aryl methyl sites for hydroxylation is 1. The lowest BCUT2D eigenvalue weighted by molar-refractivity contribution is -0.178. The smallest absolute Gasteiger partial charge is 0.392 e. The second kappa shape index (κ2) is 6.23. The molecule has 2 heterocycles. The minimum atomic E-state index is -4.25. The summed E-state index contributed by atoms with van der Waals surface area (Å²) in [5.41, 5.74) is 3.56. The number of hydroxylamine groups is 1. The van der Waals surface area contributed by atoms with Gasteiger partial charge in [-0.1, -0.05) is 12.1 Å². The maximum Gasteiger partial charge on any atom is 0.392 e. The molecule has 1 unspecified atom stereocenters. The van der Waals surface area contributed by atoms with E-state index in [0.29, 0.717) is 17.8 Å². The molecule has 4 rings (SSSR count). The molecule has 1 aromatic carbocycles. The molecule has 0 fully saturated rings. The molecule has 6 nitrogen and oxygen atoms in total. The Labute approximate surface area is 159 Å². The molecular formula is C19H20F3N3O3. The molecule has 28 heavy (non-hydrogen) atoms. The molecule has 9 heteroatoms. The van der Waals surface area contributed by atoms with E-state index in [9.17, 15) is 18.0 Å². The number of hydrogen-bond donors (Lipinski definition) is 2. The summed E-state index contributed by atoms with van der Waals surface area (Å²) in [5.74, 6) is -1.75. The van der Waals surface area contributed by atoms with Crippen LogP contribution in [0.4, 0.5) is 19.2 Å². The molecule has 150 valence electrons. The van der Waals surface area contributed by atoms with Gasteiger partial charge in [0, 0.05) is 18.5 Å². The maximum atomic E-state index is 13.1. The number of amides is 1. The lowest BCUT2D eigenvalue weighted by Crippen LogP contribution is -2.35. The van der Waals surface area contributed by atoms with Crippen LogP contribution < -0.4 is 10.4 Å². The van der Waals surface area contributed by atoms with Gasteiger partial charge in [0.2, 0.25) is 0 Å². The van der Waals surface area contributed by atoms with E-state index >= 15 is 0 Å². The van der Waals surface area contributed by atoms with Gasteiger partial charge in [0.1, 0.15) is 5.76 Å². The average molecular weight is 395 g/mol. The molecule has 0 bridgehead atoms. The number of benzene rings is 1. The quantitative estimate of drug-likeness (QED) is 0.599. The SMILES string of the molecule is CC1(C)c2cccc(C(=O)NO)c2CN1c1nc2c(o1)CC(C(F)(F)F)CC2. The summed E-state index contributed by atoms with van der Waals surface area (Å²) in [6, 6.07) is 5.47. The molecule has 1 aromatic heterocycles. The molecule has 1 aliphatic carbocycles. The van der Waals surface area contributed by atoms with Crippen LogP contribution in [0, 0.1) is 5.92 Å². The Morgan fingerprint density at radius 3 is 2.82 bits per heavy atom. The van der Waals surface area contributed by atoms with Crippen molar-refractivity contribution < 1.29 is 27.6 Å². The van der Waals surface area contributed by atoms with E-state index in [-0.39, 0.29) is 31.0 Å². The van der Waals surface area contributed by atoms with Gasteiger partial charge in [-0.25, -0.2) is 5.48 Å². The number of nitrogens with zero attached hydrogens (tertiary/aromatic N) is 2. The number of rotatable bonds is 2. The van der Waals surface area contributed by atoms with E-state index in [1.165, 1.54) is 0 Å². The number of fused-ring (bicyclic) bond motifs is 2. The standard InChI is InChI=1S/C19H20F3N3O3/c1-18(2)13-5-3-4-11(16(26)24-27)12(13)9-25(18)17-23-14-7-6-10(19(20,21)22)8-15(14)28-17/h3-5,10,27H,6-9H2,1-2H3,(H,24,26). The Hall–Kier alpha value is -2.55. The first-order chi connectivity index (χ1) is 13.1. The Bertz CT molecular complexity index is 936. The molecular weight excluding hydrogens is 375 g/mol. The van der Waals surface area contributed by atoms with Crippen LogP contribution in [0.2, 0.25) is 0 Å². The second-order valence-electron chi connectivity index (χ2n) is 7.77.